The van der Waals surface area contributed by atoms with Gasteiger partial charge in [-0.25, -0.2) is 0 Å². The zero-order valence-corrected chi connectivity index (χ0v) is 14.4. The van der Waals surface area contributed by atoms with Crippen molar-refractivity contribution in [1.29, 1.82) is 0 Å². The van der Waals surface area contributed by atoms with Crippen LogP contribution in [-0.4, -0.2) is 5.97 Å². The molecular formula is C21H24O3. The van der Waals surface area contributed by atoms with Gasteiger partial charge >= 0.3 is 5.97 Å². The van der Waals surface area contributed by atoms with Crippen molar-refractivity contribution in [2.24, 2.45) is 5.92 Å². The van der Waals surface area contributed by atoms with Crippen LogP contribution in [0.3, 0.4) is 0 Å². The van der Waals surface area contributed by atoms with Gasteiger partial charge in [-0.2, -0.15) is 0 Å². The molecule has 0 aliphatic carbocycles. The molecule has 0 spiro atoms. The highest BCUT2D eigenvalue weighted by Gasteiger charge is 2.24. The van der Waals surface area contributed by atoms with Crippen molar-refractivity contribution >= 4 is 5.97 Å². The van der Waals surface area contributed by atoms with Crippen LogP contribution in [0.1, 0.15) is 50.7 Å². The second-order valence-corrected chi connectivity index (χ2v) is 6.29. The molecule has 0 saturated carbocycles. The van der Waals surface area contributed by atoms with Gasteiger partial charge in [0.15, 0.2) is 0 Å². The summed E-state index contributed by atoms with van der Waals surface area (Å²) in [6, 6.07) is 13.6. The molecule has 0 amide bonds. The monoisotopic (exact) mass is 324 g/mol. The van der Waals surface area contributed by atoms with Crippen molar-refractivity contribution in [1.82, 2.24) is 0 Å². The van der Waals surface area contributed by atoms with Crippen LogP contribution in [0.25, 0.3) is 0 Å². The van der Waals surface area contributed by atoms with Gasteiger partial charge < -0.3 is 9.47 Å². The van der Waals surface area contributed by atoms with Crippen molar-refractivity contribution in [3.8, 4) is 17.2 Å². The van der Waals surface area contributed by atoms with Crippen molar-refractivity contribution in [3.63, 3.8) is 0 Å². The van der Waals surface area contributed by atoms with E-state index in [0.29, 0.717) is 5.75 Å². The third-order valence-corrected chi connectivity index (χ3v) is 4.59. The number of hydrogen-bond acceptors (Lipinski definition) is 3. The lowest BCUT2D eigenvalue weighted by Gasteiger charge is -2.22. The second kappa shape index (κ2) is 7.52. The summed E-state index contributed by atoms with van der Waals surface area (Å²) in [5.74, 6) is 2.13. The fourth-order valence-corrected chi connectivity index (χ4v) is 3.10. The Morgan fingerprint density at radius 2 is 1.92 bits per heavy atom. The van der Waals surface area contributed by atoms with Crippen molar-refractivity contribution in [3.05, 3.63) is 53.6 Å². The van der Waals surface area contributed by atoms with Gasteiger partial charge in [-0.3, -0.25) is 4.79 Å². The maximum absolute atomic E-state index is 12.5. The fourth-order valence-electron chi connectivity index (χ4n) is 3.10. The molecule has 3 rings (SSSR count). The number of carbonyl (C=O) groups is 1. The number of benzene rings is 2. The Balaban J connectivity index is 1.80. The number of carbonyl (C=O) groups excluding carboxylic acids is 1. The van der Waals surface area contributed by atoms with Gasteiger partial charge in [0.05, 0.1) is 5.92 Å². The topological polar surface area (TPSA) is 35.5 Å². The Hall–Kier alpha value is -2.29. The van der Waals surface area contributed by atoms with Crippen molar-refractivity contribution < 1.29 is 14.3 Å². The van der Waals surface area contributed by atoms with Crippen molar-refractivity contribution in [2.75, 3.05) is 0 Å². The molecule has 1 unspecified atom stereocenters. The average Bonchev–Trinajstić information content (AvgIpc) is 2.61. The molecule has 1 atom stereocenters. The normalized spacial score (nSPS) is 13.4. The quantitative estimate of drug-likeness (QED) is 0.443. The summed E-state index contributed by atoms with van der Waals surface area (Å²) in [7, 11) is 0. The maximum Gasteiger partial charge on any atom is 0.314 e. The SMILES string of the molecule is CCCCC(CC)C(=O)Oc1cccc2c1Cc1ccccc1O2. The number of para-hydroxylation sites is 1. The molecule has 3 nitrogen and oxygen atoms in total. The first-order chi connectivity index (χ1) is 11.7. The third kappa shape index (κ3) is 3.45. The van der Waals surface area contributed by atoms with Gasteiger partial charge in [0.1, 0.15) is 17.2 Å². The van der Waals surface area contributed by atoms with Crippen molar-refractivity contribution in [2.45, 2.75) is 46.0 Å². The predicted molar refractivity (Wildman–Crippen MR) is 94.7 cm³/mol. The summed E-state index contributed by atoms with van der Waals surface area (Å²) < 4.78 is 11.7. The number of fused-ring (bicyclic) bond motifs is 2. The molecule has 0 aromatic heterocycles. The largest absolute Gasteiger partial charge is 0.457 e. The number of esters is 1. The minimum Gasteiger partial charge on any atom is -0.457 e. The lowest BCUT2D eigenvalue weighted by atomic mass is 9.98. The molecule has 0 radical (unpaired) electrons. The van der Waals surface area contributed by atoms with Crippen LogP contribution in [0.5, 0.6) is 17.2 Å². The minimum atomic E-state index is -0.127. The molecule has 3 heteroatoms. The highest BCUT2D eigenvalue weighted by molar-refractivity contribution is 5.76. The molecule has 2 aromatic carbocycles. The molecule has 0 N–H and O–H groups in total. The Morgan fingerprint density at radius 3 is 2.71 bits per heavy atom. The van der Waals surface area contributed by atoms with Gasteiger partial charge in [-0.05, 0) is 36.6 Å². The second-order valence-electron chi connectivity index (χ2n) is 6.29. The number of hydrogen-bond donors (Lipinski definition) is 0. The summed E-state index contributed by atoms with van der Waals surface area (Å²) in [4.78, 5) is 12.5. The number of unbranched alkanes of at least 4 members (excludes halogenated alkanes) is 1. The van der Waals surface area contributed by atoms with Gasteiger partial charge in [0.25, 0.3) is 0 Å². The highest BCUT2D eigenvalue weighted by atomic mass is 16.5. The van der Waals surface area contributed by atoms with Gasteiger partial charge in [-0.1, -0.05) is 51.0 Å². The summed E-state index contributed by atoms with van der Waals surface area (Å²) in [5, 5.41) is 0. The van der Waals surface area contributed by atoms with E-state index in [9.17, 15) is 4.79 Å². The van der Waals surface area contributed by atoms with E-state index in [-0.39, 0.29) is 11.9 Å². The Kier molecular flexibility index (Phi) is 5.19. The third-order valence-electron chi connectivity index (χ3n) is 4.59. The van der Waals surface area contributed by atoms with E-state index in [1.54, 1.807) is 0 Å². The smallest absolute Gasteiger partial charge is 0.314 e. The summed E-state index contributed by atoms with van der Waals surface area (Å²) in [5.41, 5.74) is 2.07. The van der Waals surface area contributed by atoms with Gasteiger partial charge in [-0.15, -0.1) is 0 Å². The van der Waals surface area contributed by atoms with Crippen LogP contribution in [0.15, 0.2) is 42.5 Å². The first-order valence-corrected chi connectivity index (χ1v) is 8.82. The Labute approximate surface area is 143 Å². The van der Waals surface area contributed by atoms with E-state index in [0.717, 1.165) is 54.7 Å². The van der Waals surface area contributed by atoms with Crippen LogP contribution in [-0.2, 0) is 11.2 Å². The van der Waals surface area contributed by atoms with Gasteiger partial charge in [0.2, 0.25) is 0 Å². The molecule has 1 heterocycles. The number of ether oxygens (including phenoxy) is 2. The minimum absolute atomic E-state index is 0.0300. The molecular weight excluding hydrogens is 300 g/mol. The van der Waals surface area contributed by atoms with E-state index >= 15 is 0 Å². The first kappa shape index (κ1) is 16.6. The average molecular weight is 324 g/mol. The molecule has 0 saturated heterocycles. The fraction of sp³-hybridized carbons (Fsp3) is 0.381. The van der Waals surface area contributed by atoms with E-state index < -0.39 is 0 Å². The maximum atomic E-state index is 12.5. The zero-order valence-electron chi connectivity index (χ0n) is 14.4. The molecule has 126 valence electrons. The van der Waals surface area contributed by atoms with E-state index in [2.05, 4.69) is 6.92 Å². The standard InChI is InChI=1S/C21H24O3/c1-3-5-9-15(4-2)21(22)24-20-13-8-12-19-17(20)14-16-10-6-7-11-18(16)23-19/h6-8,10-13,15H,3-5,9,14H2,1-2H3. The van der Waals surface area contributed by atoms with E-state index in [4.69, 9.17) is 9.47 Å². The summed E-state index contributed by atoms with van der Waals surface area (Å²) in [6.45, 7) is 4.18. The molecule has 1 aliphatic heterocycles. The highest BCUT2D eigenvalue weighted by Crippen LogP contribution is 2.40. The molecule has 2 aromatic rings. The van der Waals surface area contributed by atoms with E-state index in [1.807, 2.05) is 49.4 Å². The van der Waals surface area contributed by atoms with Crippen LogP contribution in [0.2, 0.25) is 0 Å². The Bertz CT molecular complexity index is 721. The molecule has 0 fully saturated rings. The van der Waals surface area contributed by atoms with Crippen LogP contribution < -0.4 is 9.47 Å². The zero-order chi connectivity index (χ0) is 16.9. The summed E-state index contributed by atoms with van der Waals surface area (Å²) in [6.07, 6.45) is 4.57. The number of rotatable bonds is 6. The van der Waals surface area contributed by atoms with E-state index in [1.165, 1.54) is 0 Å². The molecule has 24 heavy (non-hydrogen) atoms. The van der Waals surface area contributed by atoms with Gasteiger partial charge in [0, 0.05) is 12.0 Å². The summed E-state index contributed by atoms with van der Waals surface area (Å²) >= 11 is 0. The first-order valence-electron chi connectivity index (χ1n) is 8.82. The predicted octanol–water partition coefficient (Wildman–Crippen LogP) is 5.50. The lowest BCUT2D eigenvalue weighted by Crippen LogP contribution is -2.21. The van der Waals surface area contributed by atoms with Crippen LogP contribution >= 0.6 is 0 Å². The molecule has 0 bridgehead atoms. The lowest BCUT2D eigenvalue weighted by molar-refractivity contribution is -0.139. The Morgan fingerprint density at radius 1 is 1.12 bits per heavy atom. The molecule has 1 aliphatic rings. The van der Waals surface area contributed by atoms with Crippen LogP contribution in [0.4, 0.5) is 0 Å². The van der Waals surface area contributed by atoms with Crippen LogP contribution in [0, 0.1) is 5.92 Å².